The first-order valence-corrected chi connectivity index (χ1v) is 10.9. The van der Waals surface area contributed by atoms with Crippen LogP contribution in [0.4, 0.5) is 5.82 Å². The summed E-state index contributed by atoms with van der Waals surface area (Å²) in [4.78, 5) is 18.1. The number of anilines is 1. The SMILES string of the molecule is CCN(C)C1CCN(c2nc(CN(C)C)nc3scc(-c4ccccc4)c23)C1. The van der Waals surface area contributed by atoms with Gasteiger partial charge in [-0.2, -0.15) is 0 Å². The fourth-order valence-corrected chi connectivity index (χ4v) is 4.89. The first-order valence-electron chi connectivity index (χ1n) is 10.00. The van der Waals surface area contributed by atoms with Crippen LogP contribution in [-0.4, -0.2) is 66.6 Å². The lowest BCUT2D eigenvalue weighted by Gasteiger charge is -2.24. The Kier molecular flexibility index (Phi) is 5.62. The zero-order valence-corrected chi connectivity index (χ0v) is 18.0. The van der Waals surface area contributed by atoms with Gasteiger partial charge in [0.15, 0.2) is 0 Å². The third-order valence-electron chi connectivity index (χ3n) is 5.59. The highest BCUT2D eigenvalue weighted by molar-refractivity contribution is 7.17. The predicted molar refractivity (Wildman–Crippen MR) is 119 cm³/mol. The summed E-state index contributed by atoms with van der Waals surface area (Å²) in [6, 6.07) is 11.2. The van der Waals surface area contributed by atoms with Crippen LogP contribution in [0.5, 0.6) is 0 Å². The van der Waals surface area contributed by atoms with E-state index in [1.807, 2.05) is 0 Å². The van der Waals surface area contributed by atoms with E-state index in [9.17, 15) is 0 Å². The van der Waals surface area contributed by atoms with E-state index < -0.39 is 0 Å². The number of rotatable bonds is 6. The van der Waals surface area contributed by atoms with Gasteiger partial charge in [-0.3, -0.25) is 0 Å². The Bertz CT molecular complexity index is 937. The van der Waals surface area contributed by atoms with Crippen molar-refractivity contribution in [3.8, 4) is 11.1 Å². The van der Waals surface area contributed by atoms with Gasteiger partial charge in [0.25, 0.3) is 0 Å². The van der Waals surface area contributed by atoms with E-state index in [-0.39, 0.29) is 0 Å². The molecule has 0 spiro atoms. The summed E-state index contributed by atoms with van der Waals surface area (Å²) < 4.78 is 0. The van der Waals surface area contributed by atoms with E-state index in [0.717, 1.165) is 42.7 Å². The van der Waals surface area contributed by atoms with E-state index in [1.165, 1.54) is 22.9 Å². The lowest BCUT2D eigenvalue weighted by molar-refractivity contribution is 0.272. The van der Waals surface area contributed by atoms with Crippen molar-refractivity contribution in [3.63, 3.8) is 0 Å². The average Bonchev–Trinajstić information content (AvgIpc) is 3.34. The third-order valence-corrected chi connectivity index (χ3v) is 6.46. The summed E-state index contributed by atoms with van der Waals surface area (Å²) in [5.41, 5.74) is 2.49. The Morgan fingerprint density at radius 3 is 2.64 bits per heavy atom. The first kappa shape index (κ1) is 19.3. The van der Waals surface area contributed by atoms with Gasteiger partial charge in [0.2, 0.25) is 0 Å². The van der Waals surface area contributed by atoms with Crippen molar-refractivity contribution in [3.05, 3.63) is 41.5 Å². The third kappa shape index (κ3) is 3.77. The normalized spacial score (nSPS) is 17.4. The first-order chi connectivity index (χ1) is 13.6. The van der Waals surface area contributed by atoms with E-state index in [1.54, 1.807) is 11.3 Å². The van der Waals surface area contributed by atoms with Gasteiger partial charge in [-0.25, -0.2) is 9.97 Å². The van der Waals surface area contributed by atoms with E-state index in [4.69, 9.17) is 9.97 Å². The van der Waals surface area contributed by atoms with Crippen LogP contribution in [-0.2, 0) is 6.54 Å². The highest BCUT2D eigenvalue weighted by Crippen LogP contribution is 2.39. The minimum Gasteiger partial charge on any atom is -0.354 e. The summed E-state index contributed by atoms with van der Waals surface area (Å²) >= 11 is 1.73. The van der Waals surface area contributed by atoms with E-state index >= 15 is 0 Å². The van der Waals surface area contributed by atoms with Gasteiger partial charge in [0.1, 0.15) is 16.5 Å². The number of hydrogen-bond acceptors (Lipinski definition) is 6. The molecule has 0 aliphatic carbocycles. The molecule has 148 valence electrons. The van der Waals surface area contributed by atoms with Crippen LogP contribution in [0.3, 0.4) is 0 Å². The molecule has 1 saturated heterocycles. The van der Waals surface area contributed by atoms with Gasteiger partial charge < -0.3 is 14.7 Å². The number of hydrogen-bond donors (Lipinski definition) is 0. The van der Waals surface area contributed by atoms with Crippen LogP contribution in [0.1, 0.15) is 19.2 Å². The van der Waals surface area contributed by atoms with Crippen molar-refractivity contribution in [2.75, 3.05) is 45.7 Å². The zero-order chi connectivity index (χ0) is 19.7. The number of benzene rings is 1. The van der Waals surface area contributed by atoms with Gasteiger partial charge in [-0.05, 0) is 39.7 Å². The van der Waals surface area contributed by atoms with Crippen LogP contribution < -0.4 is 4.90 Å². The summed E-state index contributed by atoms with van der Waals surface area (Å²) in [5, 5.41) is 3.45. The van der Waals surface area contributed by atoms with Crippen molar-refractivity contribution in [2.24, 2.45) is 0 Å². The summed E-state index contributed by atoms with van der Waals surface area (Å²) in [6.07, 6.45) is 1.18. The van der Waals surface area contributed by atoms with Crippen LogP contribution in [0.25, 0.3) is 21.3 Å². The van der Waals surface area contributed by atoms with Crippen molar-refractivity contribution in [2.45, 2.75) is 25.9 Å². The van der Waals surface area contributed by atoms with E-state index in [2.05, 4.69) is 78.5 Å². The van der Waals surface area contributed by atoms with E-state index in [0.29, 0.717) is 6.04 Å². The monoisotopic (exact) mass is 395 g/mol. The molecule has 0 bridgehead atoms. The molecular weight excluding hydrogens is 366 g/mol. The lowest BCUT2D eigenvalue weighted by atomic mass is 10.1. The Labute approximate surface area is 171 Å². The molecule has 3 heterocycles. The molecule has 2 aromatic heterocycles. The Hall–Kier alpha value is -2.02. The molecule has 1 aromatic carbocycles. The van der Waals surface area contributed by atoms with Crippen molar-refractivity contribution < 1.29 is 0 Å². The molecule has 1 atom stereocenters. The number of thiophene rings is 1. The highest BCUT2D eigenvalue weighted by Gasteiger charge is 2.29. The van der Waals surface area contributed by atoms with Gasteiger partial charge in [-0.1, -0.05) is 37.3 Å². The van der Waals surface area contributed by atoms with Gasteiger partial charge in [0, 0.05) is 30.1 Å². The molecule has 4 rings (SSSR count). The zero-order valence-electron chi connectivity index (χ0n) is 17.2. The van der Waals surface area contributed by atoms with Crippen LogP contribution in [0, 0.1) is 0 Å². The smallest absolute Gasteiger partial charge is 0.146 e. The second kappa shape index (κ2) is 8.15. The summed E-state index contributed by atoms with van der Waals surface area (Å²) in [5.74, 6) is 2.01. The molecule has 5 nitrogen and oxygen atoms in total. The lowest BCUT2D eigenvalue weighted by Crippen LogP contribution is -2.34. The minimum absolute atomic E-state index is 0.589. The van der Waals surface area contributed by atoms with Crippen molar-refractivity contribution in [1.82, 2.24) is 19.8 Å². The van der Waals surface area contributed by atoms with Crippen LogP contribution in [0.15, 0.2) is 35.7 Å². The largest absolute Gasteiger partial charge is 0.354 e. The predicted octanol–water partition coefficient (Wildman–Crippen LogP) is 3.95. The Balaban J connectivity index is 1.81. The van der Waals surface area contributed by atoms with Crippen molar-refractivity contribution >= 4 is 27.4 Å². The molecule has 6 heteroatoms. The molecule has 28 heavy (non-hydrogen) atoms. The van der Waals surface area contributed by atoms with Gasteiger partial charge in [0.05, 0.1) is 11.9 Å². The fraction of sp³-hybridized carbons (Fsp3) is 0.455. The quantitative estimate of drug-likeness (QED) is 0.631. The molecule has 1 fully saturated rings. The molecule has 3 aromatic rings. The second-order valence-corrected chi connectivity index (χ2v) is 8.72. The molecule has 1 aliphatic rings. The standard InChI is InChI=1S/C22H29N5S/c1-5-26(4)17-11-12-27(13-17)21-20-18(16-9-7-6-8-10-16)15-28-22(20)24-19(23-21)14-25(2)3/h6-10,15,17H,5,11-14H2,1-4H3. The molecule has 0 N–H and O–H groups in total. The number of aromatic nitrogens is 2. The summed E-state index contributed by atoms with van der Waals surface area (Å²) in [6.45, 7) is 6.15. The Morgan fingerprint density at radius 1 is 1.14 bits per heavy atom. The molecule has 1 unspecified atom stereocenters. The van der Waals surface area contributed by atoms with Crippen LogP contribution in [0.2, 0.25) is 0 Å². The number of nitrogens with zero attached hydrogens (tertiary/aromatic N) is 5. The van der Waals surface area contributed by atoms with Crippen molar-refractivity contribution in [1.29, 1.82) is 0 Å². The van der Waals surface area contributed by atoms with Gasteiger partial charge >= 0.3 is 0 Å². The fourth-order valence-electron chi connectivity index (χ4n) is 3.93. The molecule has 1 aliphatic heterocycles. The Morgan fingerprint density at radius 2 is 1.93 bits per heavy atom. The molecule has 0 amide bonds. The highest BCUT2D eigenvalue weighted by atomic mass is 32.1. The number of likely N-dealkylation sites (N-methyl/N-ethyl adjacent to an activating group) is 1. The summed E-state index contributed by atoms with van der Waals surface area (Å²) in [7, 11) is 6.36. The average molecular weight is 396 g/mol. The molecular formula is C22H29N5S. The number of fused-ring (bicyclic) bond motifs is 1. The van der Waals surface area contributed by atoms with Gasteiger partial charge in [-0.15, -0.1) is 11.3 Å². The minimum atomic E-state index is 0.589. The van der Waals surface area contributed by atoms with Crippen LogP contribution >= 0.6 is 11.3 Å². The molecule has 0 radical (unpaired) electrons. The molecule has 0 saturated carbocycles. The maximum absolute atomic E-state index is 5.06. The maximum atomic E-state index is 5.06. The maximum Gasteiger partial charge on any atom is 0.146 e. The second-order valence-electron chi connectivity index (χ2n) is 7.86. The topological polar surface area (TPSA) is 35.5 Å².